The monoisotopic (exact) mass is 2230 g/mol. The molecule has 0 aromatic heterocycles. The summed E-state index contributed by atoms with van der Waals surface area (Å²) < 4.78 is 160. The highest BCUT2D eigenvalue weighted by Crippen LogP contribution is 2.54. The van der Waals surface area contributed by atoms with E-state index in [-0.39, 0.29) is 176 Å². The fraction of sp³-hybridized carbons (Fsp3) is 1.00. The minimum Gasteiger partial charge on any atom is -0.382 e. The van der Waals surface area contributed by atoms with Crippen molar-refractivity contribution in [3.63, 3.8) is 0 Å². The van der Waals surface area contributed by atoms with E-state index < -0.39 is 144 Å². The number of thiol groups is 1. The number of methoxy groups -OCH3 is 1. The molecule has 35 atom stereocenters. The van der Waals surface area contributed by atoms with Crippen LogP contribution in [0.15, 0.2) is 0 Å². The largest absolute Gasteiger partial charge is 0.382 e. The van der Waals surface area contributed by atoms with Crippen LogP contribution in [-0.2, 0) is 141 Å². The van der Waals surface area contributed by atoms with Crippen molar-refractivity contribution >= 4 is 162 Å². The zero-order chi connectivity index (χ0) is 108. The molecular weight excluding hydrogens is 2050 g/mol. The summed E-state index contributed by atoms with van der Waals surface area (Å²) in [7, 11) is 35.6. The Balaban J connectivity index is 0.00000162. The van der Waals surface area contributed by atoms with Crippen LogP contribution in [-0.4, -0.2) is 391 Å². The molecule has 14 unspecified atom stereocenters. The average Bonchev–Trinajstić information content (AvgIpc) is 1.66. The molecule has 7 heterocycles. The van der Waals surface area contributed by atoms with Crippen molar-refractivity contribution in [2.75, 3.05) is 73.2 Å². The van der Waals surface area contributed by atoms with Gasteiger partial charge in [-0.15, -0.1) is 0 Å². The predicted octanol–water partition coefficient (Wildman–Crippen LogP) is 11.4. The number of hydrogen-bond acceptors (Lipinski definition) is 24. The number of ether oxygens (including phenoxy) is 17. The first-order chi connectivity index (χ1) is 64.1. The predicted molar refractivity (Wildman–Crippen MR) is 591 cm³/mol. The Morgan fingerprint density at radius 3 is 0.759 bits per heavy atom. The van der Waals surface area contributed by atoms with Crippen LogP contribution in [0.25, 0.3) is 0 Å². The summed E-state index contributed by atoms with van der Waals surface area (Å²) >= 11 is 25.2. The second-order valence-corrected chi connectivity index (χ2v) is 66.6. The van der Waals surface area contributed by atoms with Crippen molar-refractivity contribution < 1.29 is 132 Å². The van der Waals surface area contributed by atoms with Crippen molar-refractivity contribution in [1.29, 1.82) is 0 Å². The molecule has 0 spiro atoms. The van der Waals surface area contributed by atoms with E-state index >= 15 is 0 Å². The van der Waals surface area contributed by atoms with E-state index in [0.29, 0.717) is 52.9 Å². The Labute approximate surface area is 883 Å². The van der Waals surface area contributed by atoms with Crippen molar-refractivity contribution in [1.82, 2.24) is 35.6 Å². The first kappa shape index (κ1) is 144. The number of rotatable bonds is 49. The molecule has 54 heteroatoms. The van der Waals surface area contributed by atoms with E-state index in [1.54, 1.807) is 62.5 Å². The summed E-state index contributed by atoms with van der Waals surface area (Å²) in [5.41, 5.74) is -1.09. The molecule has 0 aliphatic carbocycles. The Morgan fingerprint density at radius 1 is 0.312 bits per heavy atom. The smallest absolute Gasteiger partial charge is 0.270 e. The summed E-state index contributed by atoms with van der Waals surface area (Å²) in [5.74, 6) is 0.119. The summed E-state index contributed by atoms with van der Waals surface area (Å²) in [6.07, 6.45) is -15.8. The van der Waals surface area contributed by atoms with Gasteiger partial charge in [-0.1, -0.05) is 192 Å². The van der Waals surface area contributed by atoms with Crippen molar-refractivity contribution in [2.45, 2.75) is 469 Å². The van der Waals surface area contributed by atoms with Crippen molar-refractivity contribution in [3.05, 3.63) is 0 Å². The molecule has 141 heavy (non-hydrogen) atoms. The molecule has 7 saturated heterocycles. The van der Waals surface area contributed by atoms with Crippen molar-refractivity contribution in [3.8, 4) is 0 Å². The summed E-state index contributed by atoms with van der Waals surface area (Å²) in [4.78, 5) is 61.3. The maximum absolute atomic E-state index is 14.0. The zero-order valence-electron chi connectivity index (χ0n) is 89.4. The highest BCUT2D eigenvalue weighted by atomic mass is 32.7. The van der Waals surface area contributed by atoms with Gasteiger partial charge in [0, 0.05) is 113 Å². The van der Waals surface area contributed by atoms with E-state index in [2.05, 4.69) is 47.9 Å². The van der Waals surface area contributed by atoms with E-state index in [9.17, 15) is 51.8 Å². The second-order valence-electron chi connectivity index (χ2n) is 40.4. The highest BCUT2D eigenvalue weighted by Gasteiger charge is 2.52. The zero-order valence-corrected chi connectivity index (χ0v) is 99.8. The van der Waals surface area contributed by atoms with Gasteiger partial charge in [0.15, 0.2) is 0 Å². The minimum absolute atomic E-state index is 0. The van der Waals surface area contributed by atoms with Gasteiger partial charge in [-0.2, -0.15) is 0 Å². The van der Waals surface area contributed by atoms with Gasteiger partial charge in [-0.05, 0) is 121 Å². The lowest BCUT2D eigenvalue weighted by molar-refractivity contribution is -0.0273. The normalized spacial score (nSPS) is 33.6. The van der Waals surface area contributed by atoms with Gasteiger partial charge >= 0.3 is 0 Å². The summed E-state index contributed by atoms with van der Waals surface area (Å²) in [5, 5.41) is 20.8. The van der Waals surface area contributed by atoms with Crippen LogP contribution in [0.4, 0.5) is 8.78 Å². The molecule has 820 valence electrons. The molecule has 0 aromatic carbocycles. The molecule has 7 aliphatic heterocycles. The Bertz CT molecular complexity index is 3440. The Morgan fingerprint density at radius 2 is 0.518 bits per heavy atom. The van der Waals surface area contributed by atoms with Crippen LogP contribution in [0.1, 0.15) is 235 Å². The van der Waals surface area contributed by atoms with Gasteiger partial charge in [-0.3, -0.25) is 39.1 Å². The second kappa shape index (κ2) is 67.8. The maximum atomic E-state index is 14.0. The van der Waals surface area contributed by atoms with Crippen LogP contribution in [0, 0.1) is 17.8 Å². The molecule has 14 radical (unpaired) electrons. The molecule has 7 fully saturated rings. The maximum Gasteiger partial charge on any atom is 0.270 e. The quantitative estimate of drug-likeness (QED) is 0.0116. The Kier molecular flexibility index (Phi) is 69.1. The lowest BCUT2D eigenvalue weighted by Crippen LogP contribution is -2.47. The molecule has 0 saturated carbocycles. The lowest BCUT2D eigenvalue weighted by Gasteiger charge is -2.31. The molecule has 0 amide bonds. The van der Waals surface area contributed by atoms with Gasteiger partial charge in [0.2, 0.25) is 6.49 Å². The third-order valence-electron chi connectivity index (χ3n) is 23.6. The molecule has 7 rings (SSSR count). The number of nitrogens with one attached hydrogen (secondary N) is 7. The summed E-state index contributed by atoms with van der Waals surface area (Å²) in [6.45, 7) is 61.5. The number of alkyl halides is 2. The first-order valence-corrected chi connectivity index (χ1v) is 66.7. The standard InChI is InChI=1S/C14H29BNO5PS.C14H29BNO5P.C12H25BNO4P.2C12H25BNO3PS.2C11H22BFNO3PS.CH4/c1-9(2)20-8-11-12(16-22(17,23)10(3)4)13(14(15)21-11)19-7-6-18-5;1-6-7-19-13-12(16-22(17,18)10(4)5)11(21-14(13)15)8-20-9(2)3;1-7(2)17-6-10-11(9(5)12(13)18-10)14-19(15,16)8(3)4;2*1-7(2)16-6-10-11(9(5)12(13)17-10)14-18(15,19)8(3)4;2*1-6(2)16-5-8-10(9(13)11(12)17-8)14-18(15,19)7(3)4;/h9-14H,6-8H2,1-5H3,(H2,16,17,23);9-14H,6-8H2,1-5H3,(H2,16,17,18);7-12H,6H2,1-5H3,(H2,14,15,16);2*7-12H,6H2,1-5H3,(H2,14,15,19);2*6-11H,5H2,1-4H3,(H2,14,15,19);1H4/t11-,12?,13+,14-,22?;11-,12?,13+,14-;9-,10+,11?,12+;2*9-,10+,11?,12+,18?;2*8-,9+,10?,11-,18?;/m1100011./s1. The third kappa shape index (κ3) is 50.9. The van der Waals surface area contributed by atoms with Crippen LogP contribution < -0.4 is 35.6 Å². The molecule has 7 aliphatic rings. The molecule has 13 N–H and O–H groups in total. The number of hydrogen-bond donors (Lipinski definition) is 14. The average molecular weight is 2230 g/mol. The Hall–Kier alpha value is 2.75. The SMILES string of the molecule is C.[B][C@@H]1O[C@H](COC(C)C)C(NP(=O)(O)C(C)C)[C@@H]1C.[B][C@@H]1O[C@H](COC(C)C)C(NP(=O)(O)C(C)C)[C@@H]1OCCC.[B][C@@H]1O[C@H](COC(C)C)C(NP(=O)(S)C(C)C)[C@@H]1C.[B][C@@H]1O[C@H](COC(C)C)C(NP(O)(=S)C(C)C)[C@@H]1C.[B][C@@H]1O[C@H](COC(C)C)C(NP(O)(=S)C(C)C)[C@@H]1F.[B][C@@H]1O[C@H](COC(C)C)C(NP(O)(=S)C(C)C)[C@@H]1F.[B][C@@H]1O[C@H](COC(C)C)C(NP(O)(=S)C(C)C)[C@@H]1OCCOC. The molecule has 0 bridgehead atoms. The van der Waals surface area contributed by atoms with Crippen molar-refractivity contribution in [2.24, 2.45) is 17.8 Å². The van der Waals surface area contributed by atoms with Gasteiger partial charge in [0.25, 0.3) is 15.0 Å². The third-order valence-corrected chi connectivity index (χ3v) is 46.1. The topological polar surface area (TPSA) is 414 Å². The van der Waals surface area contributed by atoms with Gasteiger partial charge < -0.3 is 110 Å². The van der Waals surface area contributed by atoms with Gasteiger partial charge in [-0.25, -0.2) is 19.0 Å². The molecule has 33 nitrogen and oxygen atoms in total. The van der Waals surface area contributed by atoms with Crippen LogP contribution in [0.2, 0.25) is 0 Å². The van der Waals surface area contributed by atoms with Gasteiger partial charge in [0.05, 0.1) is 181 Å². The summed E-state index contributed by atoms with van der Waals surface area (Å²) in [6, 6.07) is -7.11. The van der Waals surface area contributed by atoms with E-state index in [1.807, 2.05) is 166 Å². The van der Waals surface area contributed by atoms with E-state index in [0.717, 1.165) is 6.42 Å². The fourth-order valence-electron chi connectivity index (χ4n) is 13.7. The molecule has 0 aromatic rings. The van der Waals surface area contributed by atoms with Crippen LogP contribution in [0.3, 0.4) is 0 Å². The van der Waals surface area contributed by atoms with Crippen LogP contribution >= 0.6 is 59.4 Å². The van der Waals surface area contributed by atoms with E-state index in [1.165, 1.54) is 0 Å². The number of halogens is 2. The lowest BCUT2D eigenvalue weighted by atomic mass is 9.85. The highest BCUT2D eigenvalue weighted by molar-refractivity contribution is 8.47. The van der Waals surface area contributed by atoms with Crippen LogP contribution in [0.5, 0.6) is 0 Å². The molecular formula is C87H181B7F2N7O26P7S5. The van der Waals surface area contributed by atoms with E-state index in [4.69, 9.17) is 183 Å². The minimum atomic E-state index is -3.52. The van der Waals surface area contributed by atoms with Gasteiger partial charge in [0.1, 0.15) is 92.9 Å². The fourth-order valence-corrected chi connectivity index (χ4v) is 23.0. The first-order valence-electron chi connectivity index (χ1n) is 49.0.